The molecule has 1 N–H and O–H groups in total. The van der Waals surface area contributed by atoms with Crippen LogP contribution in [0.25, 0.3) is 0 Å². The van der Waals surface area contributed by atoms with E-state index >= 15 is 0 Å². The second-order valence-corrected chi connectivity index (χ2v) is 4.73. The number of hydrogen-bond donors (Lipinski definition) is 1. The van der Waals surface area contributed by atoms with Crippen LogP contribution in [-0.4, -0.2) is 9.97 Å². The normalized spacial score (nSPS) is 10.6. The Bertz CT molecular complexity index is 448. The lowest BCUT2D eigenvalue weighted by Gasteiger charge is -2.03. The first kappa shape index (κ1) is 11.2. The number of hydrogen-bond acceptors (Lipinski definition) is 4. The first-order chi connectivity index (χ1) is 7.75. The van der Waals surface area contributed by atoms with Crippen LogP contribution in [0.5, 0.6) is 0 Å². The first-order valence-corrected chi connectivity index (χ1v) is 6.15. The fourth-order valence-corrected chi connectivity index (χ4v) is 2.15. The van der Waals surface area contributed by atoms with E-state index in [1.54, 1.807) is 11.3 Å². The summed E-state index contributed by atoms with van der Waals surface area (Å²) in [6.45, 7) is 5.76. The summed E-state index contributed by atoms with van der Waals surface area (Å²) in [7, 11) is 0. The van der Waals surface area contributed by atoms with Crippen molar-refractivity contribution >= 4 is 11.3 Å². The van der Waals surface area contributed by atoms with Crippen LogP contribution >= 0.6 is 11.3 Å². The van der Waals surface area contributed by atoms with Gasteiger partial charge in [-0.3, -0.25) is 4.98 Å². The zero-order chi connectivity index (χ0) is 11.4. The molecule has 0 bridgehead atoms. The minimum atomic E-state index is 0.803. The Morgan fingerprint density at radius 3 is 2.69 bits per heavy atom. The Morgan fingerprint density at radius 1 is 1.19 bits per heavy atom. The topological polar surface area (TPSA) is 37.8 Å². The molecule has 0 unspecified atom stereocenters. The Labute approximate surface area is 99.6 Å². The van der Waals surface area contributed by atoms with Crippen molar-refractivity contribution in [3.8, 4) is 0 Å². The van der Waals surface area contributed by atoms with Crippen LogP contribution in [-0.2, 0) is 13.1 Å². The molecule has 0 radical (unpaired) electrons. The van der Waals surface area contributed by atoms with Gasteiger partial charge in [-0.05, 0) is 25.5 Å². The highest BCUT2D eigenvalue weighted by Gasteiger charge is 2.00. The summed E-state index contributed by atoms with van der Waals surface area (Å²) in [6.07, 6.45) is 1.90. The molecule has 16 heavy (non-hydrogen) atoms. The maximum Gasteiger partial charge on any atom is 0.0798 e. The van der Waals surface area contributed by atoms with Crippen LogP contribution in [0.4, 0.5) is 0 Å². The molecule has 0 saturated carbocycles. The molecule has 0 saturated heterocycles. The highest BCUT2D eigenvalue weighted by atomic mass is 32.1. The van der Waals surface area contributed by atoms with Crippen LogP contribution < -0.4 is 5.32 Å². The molecule has 2 aromatic heterocycles. The summed E-state index contributed by atoms with van der Waals surface area (Å²) in [5.41, 5.74) is 5.28. The number of nitrogens with zero attached hydrogens (tertiary/aromatic N) is 2. The summed E-state index contributed by atoms with van der Waals surface area (Å²) in [5.74, 6) is 0. The van der Waals surface area contributed by atoms with Crippen molar-refractivity contribution in [1.29, 1.82) is 0 Å². The monoisotopic (exact) mass is 233 g/mol. The van der Waals surface area contributed by atoms with Crippen molar-refractivity contribution in [2.75, 3.05) is 0 Å². The van der Waals surface area contributed by atoms with Gasteiger partial charge in [0.05, 0.1) is 16.9 Å². The van der Waals surface area contributed by atoms with E-state index < -0.39 is 0 Å². The maximum absolute atomic E-state index is 4.34. The molecule has 3 nitrogen and oxygen atoms in total. The summed E-state index contributed by atoms with van der Waals surface area (Å²) >= 11 is 1.69. The summed E-state index contributed by atoms with van der Waals surface area (Å²) in [5, 5.41) is 3.37. The van der Waals surface area contributed by atoms with Gasteiger partial charge in [0.2, 0.25) is 0 Å². The minimum Gasteiger partial charge on any atom is -0.306 e. The Morgan fingerprint density at radius 2 is 2.06 bits per heavy atom. The fraction of sp³-hybridized carbons (Fsp3) is 0.333. The largest absolute Gasteiger partial charge is 0.306 e. The molecule has 4 heteroatoms. The van der Waals surface area contributed by atoms with E-state index in [0.29, 0.717) is 0 Å². The lowest BCUT2D eigenvalue weighted by molar-refractivity contribution is 0.683. The second kappa shape index (κ2) is 5.18. The van der Waals surface area contributed by atoms with Gasteiger partial charge in [0.15, 0.2) is 0 Å². The smallest absolute Gasteiger partial charge is 0.0798 e. The van der Waals surface area contributed by atoms with E-state index in [0.717, 1.165) is 24.5 Å². The van der Waals surface area contributed by atoms with Crippen molar-refractivity contribution in [3.05, 3.63) is 45.7 Å². The summed E-state index contributed by atoms with van der Waals surface area (Å²) < 4.78 is 0. The summed E-state index contributed by atoms with van der Waals surface area (Å²) in [6, 6.07) is 4.14. The minimum absolute atomic E-state index is 0.803. The molecule has 84 valence electrons. The van der Waals surface area contributed by atoms with Crippen LogP contribution in [0.3, 0.4) is 0 Å². The Balaban J connectivity index is 1.84. The predicted octanol–water partition coefficient (Wildman–Crippen LogP) is 2.44. The molecule has 0 aliphatic heterocycles. The lowest BCUT2D eigenvalue weighted by Crippen LogP contribution is -2.13. The number of pyridine rings is 1. The van der Waals surface area contributed by atoms with E-state index in [2.05, 4.69) is 27.4 Å². The molecule has 0 spiro atoms. The molecule has 0 fully saturated rings. The van der Waals surface area contributed by atoms with Crippen molar-refractivity contribution in [1.82, 2.24) is 15.3 Å². The number of rotatable bonds is 4. The van der Waals surface area contributed by atoms with Crippen molar-refractivity contribution < 1.29 is 0 Å². The average Bonchev–Trinajstić information content (AvgIpc) is 2.68. The maximum atomic E-state index is 4.34. The second-order valence-electron chi connectivity index (χ2n) is 3.79. The highest BCUT2D eigenvalue weighted by molar-refractivity contribution is 7.09. The molecule has 2 aromatic rings. The average molecular weight is 233 g/mol. The van der Waals surface area contributed by atoms with E-state index in [1.807, 2.05) is 25.6 Å². The van der Waals surface area contributed by atoms with Gasteiger partial charge in [0.1, 0.15) is 0 Å². The zero-order valence-corrected chi connectivity index (χ0v) is 10.3. The van der Waals surface area contributed by atoms with E-state index in [9.17, 15) is 0 Å². The standard InChI is InChI=1S/C12H15N3S/c1-9-3-4-11(14-5-9)6-13-7-12-10(2)15-8-16-12/h3-5,8,13H,6-7H2,1-2H3. The van der Waals surface area contributed by atoms with Crippen LogP contribution in [0.1, 0.15) is 21.8 Å². The fourth-order valence-electron chi connectivity index (χ4n) is 1.40. The molecular weight excluding hydrogens is 218 g/mol. The van der Waals surface area contributed by atoms with E-state index in [1.165, 1.54) is 10.4 Å². The van der Waals surface area contributed by atoms with Gasteiger partial charge in [-0.1, -0.05) is 6.07 Å². The van der Waals surface area contributed by atoms with Crippen LogP contribution in [0, 0.1) is 13.8 Å². The Hall–Kier alpha value is -1.26. The molecule has 0 atom stereocenters. The van der Waals surface area contributed by atoms with Gasteiger partial charge in [-0.25, -0.2) is 4.98 Å². The lowest BCUT2D eigenvalue weighted by atomic mass is 10.3. The third-order valence-corrected chi connectivity index (χ3v) is 3.34. The molecule has 0 aliphatic rings. The molecular formula is C12H15N3S. The molecule has 0 amide bonds. The third-order valence-electron chi connectivity index (χ3n) is 2.41. The van der Waals surface area contributed by atoms with Gasteiger partial charge < -0.3 is 5.32 Å². The van der Waals surface area contributed by atoms with Crippen LogP contribution in [0.15, 0.2) is 23.8 Å². The van der Waals surface area contributed by atoms with Gasteiger partial charge >= 0.3 is 0 Å². The molecule has 0 aromatic carbocycles. The van der Waals surface area contributed by atoms with Gasteiger partial charge in [-0.15, -0.1) is 11.3 Å². The Kier molecular flexibility index (Phi) is 3.64. The number of nitrogens with one attached hydrogen (secondary N) is 1. The number of thiazole rings is 1. The van der Waals surface area contributed by atoms with Crippen LogP contribution in [0.2, 0.25) is 0 Å². The quantitative estimate of drug-likeness (QED) is 0.881. The SMILES string of the molecule is Cc1ccc(CNCc2scnc2C)nc1. The first-order valence-electron chi connectivity index (χ1n) is 5.27. The predicted molar refractivity (Wildman–Crippen MR) is 66.4 cm³/mol. The number of aromatic nitrogens is 2. The van der Waals surface area contributed by atoms with Gasteiger partial charge in [-0.2, -0.15) is 0 Å². The number of aryl methyl sites for hydroxylation is 2. The molecule has 2 heterocycles. The van der Waals surface area contributed by atoms with Crippen molar-refractivity contribution in [2.45, 2.75) is 26.9 Å². The van der Waals surface area contributed by atoms with Gasteiger partial charge in [0.25, 0.3) is 0 Å². The van der Waals surface area contributed by atoms with Crippen molar-refractivity contribution in [2.24, 2.45) is 0 Å². The van der Waals surface area contributed by atoms with E-state index in [-0.39, 0.29) is 0 Å². The third kappa shape index (κ3) is 2.87. The summed E-state index contributed by atoms with van der Waals surface area (Å²) in [4.78, 5) is 9.86. The van der Waals surface area contributed by atoms with Gasteiger partial charge in [0, 0.05) is 24.2 Å². The van der Waals surface area contributed by atoms with E-state index in [4.69, 9.17) is 0 Å². The molecule has 2 rings (SSSR count). The molecule has 0 aliphatic carbocycles. The highest BCUT2D eigenvalue weighted by Crippen LogP contribution is 2.11. The zero-order valence-electron chi connectivity index (χ0n) is 9.53. The van der Waals surface area contributed by atoms with Crippen molar-refractivity contribution in [3.63, 3.8) is 0 Å².